The molecule has 82 valence electrons. The molecule has 0 N–H and O–H groups in total. The van der Waals surface area contributed by atoms with Crippen molar-refractivity contribution in [3.63, 3.8) is 0 Å². The second-order valence-electron chi connectivity index (χ2n) is 3.14. The van der Waals surface area contributed by atoms with E-state index in [1.165, 1.54) is 17.1 Å². The summed E-state index contributed by atoms with van der Waals surface area (Å²) < 4.78 is 1.50. The molecule has 0 amide bonds. The average molecular weight is 239 g/mol. The third-order valence-electron chi connectivity index (χ3n) is 2.02. The Morgan fingerprint density at radius 3 is 2.81 bits per heavy atom. The van der Waals surface area contributed by atoms with Crippen LogP contribution in [0.1, 0.15) is 0 Å². The molecule has 0 radical (unpaired) electrons. The van der Waals surface area contributed by atoms with Crippen molar-refractivity contribution >= 4 is 17.3 Å². The maximum Gasteiger partial charge on any atom is 0.288 e. The van der Waals surface area contributed by atoms with Crippen LogP contribution in [0.3, 0.4) is 0 Å². The van der Waals surface area contributed by atoms with Gasteiger partial charge in [0.15, 0.2) is 5.82 Å². The van der Waals surface area contributed by atoms with E-state index in [1.54, 1.807) is 19.2 Å². The van der Waals surface area contributed by atoms with Gasteiger partial charge in [-0.15, -0.1) is 0 Å². The quantitative estimate of drug-likeness (QED) is 0.593. The van der Waals surface area contributed by atoms with Crippen LogP contribution in [0.5, 0.6) is 0 Å². The van der Waals surface area contributed by atoms with Crippen LogP contribution in [0, 0.1) is 10.1 Å². The fourth-order valence-electron chi connectivity index (χ4n) is 1.30. The third kappa shape index (κ3) is 1.74. The fourth-order valence-corrected chi connectivity index (χ4v) is 1.58. The topological polar surface area (TPSA) is 73.8 Å². The van der Waals surface area contributed by atoms with Gasteiger partial charge in [0.05, 0.1) is 4.92 Å². The molecule has 0 spiro atoms. The number of nitro benzene ring substituents is 1. The first-order valence-electron chi connectivity index (χ1n) is 4.38. The van der Waals surface area contributed by atoms with Crippen LogP contribution in [0.15, 0.2) is 24.5 Å². The Labute approximate surface area is 95.6 Å². The Kier molecular flexibility index (Phi) is 2.57. The van der Waals surface area contributed by atoms with Gasteiger partial charge in [-0.3, -0.25) is 14.8 Å². The zero-order valence-electron chi connectivity index (χ0n) is 8.29. The first-order valence-corrected chi connectivity index (χ1v) is 4.76. The molecule has 0 fully saturated rings. The predicted molar refractivity (Wildman–Crippen MR) is 58.1 cm³/mol. The summed E-state index contributed by atoms with van der Waals surface area (Å²) in [5.74, 6) is 0.371. The number of rotatable bonds is 2. The smallest absolute Gasteiger partial charge is 0.258 e. The fraction of sp³-hybridized carbons (Fsp3) is 0.111. The summed E-state index contributed by atoms with van der Waals surface area (Å²) in [4.78, 5) is 14.1. The second-order valence-corrected chi connectivity index (χ2v) is 3.52. The predicted octanol–water partition coefficient (Wildman–Crippen LogP) is 2.04. The van der Waals surface area contributed by atoms with E-state index in [2.05, 4.69) is 10.1 Å². The van der Waals surface area contributed by atoms with Gasteiger partial charge in [0.1, 0.15) is 11.3 Å². The lowest BCUT2D eigenvalue weighted by molar-refractivity contribution is -0.384. The normalized spacial score (nSPS) is 10.4. The third-order valence-corrected chi connectivity index (χ3v) is 2.41. The Hall–Kier alpha value is -1.95. The van der Waals surface area contributed by atoms with Gasteiger partial charge in [0.2, 0.25) is 0 Å². The monoisotopic (exact) mass is 238 g/mol. The van der Waals surface area contributed by atoms with Crippen molar-refractivity contribution in [2.45, 2.75) is 0 Å². The molecule has 1 aromatic carbocycles. The molecule has 0 saturated carbocycles. The van der Waals surface area contributed by atoms with Gasteiger partial charge < -0.3 is 0 Å². The number of nitrogens with zero attached hydrogens (tertiary/aromatic N) is 4. The Morgan fingerprint density at radius 1 is 1.50 bits per heavy atom. The molecule has 0 saturated heterocycles. The van der Waals surface area contributed by atoms with E-state index in [9.17, 15) is 10.1 Å². The molecule has 0 bridgehead atoms. The Balaban J connectivity index is 2.58. The van der Waals surface area contributed by atoms with Crippen LogP contribution in [0.4, 0.5) is 5.69 Å². The zero-order chi connectivity index (χ0) is 11.7. The number of hydrogen-bond acceptors (Lipinski definition) is 4. The minimum atomic E-state index is -0.533. The highest BCUT2D eigenvalue weighted by Gasteiger charge is 2.18. The number of aryl methyl sites for hydroxylation is 1. The lowest BCUT2D eigenvalue weighted by Crippen LogP contribution is -1.92. The van der Waals surface area contributed by atoms with Crippen molar-refractivity contribution in [2.75, 3.05) is 0 Å². The van der Waals surface area contributed by atoms with Crippen molar-refractivity contribution in [1.29, 1.82) is 0 Å². The second kappa shape index (κ2) is 3.90. The summed E-state index contributed by atoms with van der Waals surface area (Å²) in [5.41, 5.74) is 0.308. The first-order chi connectivity index (χ1) is 7.59. The van der Waals surface area contributed by atoms with E-state index in [-0.39, 0.29) is 10.7 Å². The van der Waals surface area contributed by atoms with Crippen LogP contribution in [0.2, 0.25) is 5.02 Å². The highest BCUT2D eigenvalue weighted by atomic mass is 35.5. The van der Waals surface area contributed by atoms with Crippen molar-refractivity contribution in [3.05, 3.63) is 39.7 Å². The molecule has 0 aliphatic heterocycles. The van der Waals surface area contributed by atoms with Gasteiger partial charge in [-0.1, -0.05) is 17.7 Å². The summed E-state index contributed by atoms with van der Waals surface area (Å²) in [6.07, 6.45) is 1.50. The molecule has 1 aromatic heterocycles. The minimum Gasteiger partial charge on any atom is -0.258 e. The van der Waals surface area contributed by atoms with E-state index >= 15 is 0 Å². The molecule has 0 aliphatic rings. The van der Waals surface area contributed by atoms with Crippen LogP contribution >= 0.6 is 11.6 Å². The van der Waals surface area contributed by atoms with Crippen LogP contribution in [-0.2, 0) is 7.05 Å². The number of halogens is 1. The maximum absolute atomic E-state index is 10.7. The van der Waals surface area contributed by atoms with Gasteiger partial charge in [0, 0.05) is 18.7 Å². The van der Waals surface area contributed by atoms with Gasteiger partial charge in [-0.25, -0.2) is 4.98 Å². The number of aromatic nitrogens is 3. The summed E-state index contributed by atoms with van der Waals surface area (Å²) >= 11 is 5.92. The van der Waals surface area contributed by atoms with Crippen molar-refractivity contribution in [2.24, 2.45) is 7.05 Å². The Morgan fingerprint density at radius 2 is 2.25 bits per heavy atom. The number of nitro groups is 1. The SMILES string of the molecule is Cn1cnc(-c2cccc([N+](=O)[O-])c2Cl)n1. The van der Waals surface area contributed by atoms with E-state index in [1.807, 2.05) is 0 Å². The largest absolute Gasteiger partial charge is 0.288 e. The maximum atomic E-state index is 10.7. The van der Waals surface area contributed by atoms with Crippen LogP contribution < -0.4 is 0 Å². The number of hydrogen-bond donors (Lipinski definition) is 0. The van der Waals surface area contributed by atoms with Gasteiger partial charge >= 0.3 is 0 Å². The van der Waals surface area contributed by atoms with Gasteiger partial charge in [-0.05, 0) is 6.07 Å². The molecule has 0 unspecified atom stereocenters. The molecule has 16 heavy (non-hydrogen) atoms. The highest BCUT2D eigenvalue weighted by Crippen LogP contribution is 2.32. The van der Waals surface area contributed by atoms with Crippen molar-refractivity contribution < 1.29 is 4.92 Å². The average Bonchev–Trinajstić information content (AvgIpc) is 2.64. The highest BCUT2D eigenvalue weighted by molar-refractivity contribution is 6.35. The molecule has 6 nitrogen and oxygen atoms in total. The van der Waals surface area contributed by atoms with E-state index in [0.29, 0.717) is 11.4 Å². The lowest BCUT2D eigenvalue weighted by Gasteiger charge is -1.99. The Bertz CT molecular complexity index is 552. The molecular weight excluding hydrogens is 232 g/mol. The molecule has 0 atom stereocenters. The summed E-state index contributed by atoms with van der Waals surface area (Å²) in [5, 5.41) is 14.8. The van der Waals surface area contributed by atoms with Gasteiger partial charge in [-0.2, -0.15) is 5.10 Å². The summed E-state index contributed by atoms with van der Waals surface area (Å²) in [6, 6.07) is 4.54. The van der Waals surface area contributed by atoms with Crippen molar-refractivity contribution in [3.8, 4) is 11.4 Å². The minimum absolute atomic E-state index is 0.0544. The standard InChI is InChI=1S/C9H7ClN4O2/c1-13-5-11-9(12-13)6-3-2-4-7(8(6)10)14(15)16/h2-5H,1H3. The van der Waals surface area contributed by atoms with Crippen molar-refractivity contribution in [1.82, 2.24) is 14.8 Å². The lowest BCUT2D eigenvalue weighted by atomic mass is 10.2. The molecule has 0 aliphatic carbocycles. The van der Waals surface area contributed by atoms with E-state index < -0.39 is 4.92 Å². The van der Waals surface area contributed by atoms with E-state index in [0.717, 1.165) is 0 Å². The molecule has 2 aromatic rings. The van der Waals surface area contributed by atoms with Crippen LogP contribution in [-0.4, -0.2) is 19.7 Å². The summed E-state index contributed by atoms with van der Waals surface area (Å²) in [6.45, 7) is 0. The molecule has 7 heteroatoms. The first kappa shape index (κ1) is 10.6. The van der Waals surface area contributed by atoms with E-state index in [4.69, 9.17) is 11.6 Å². The zero-order valence-corrected chi connectivity index (χ0v) is 9.05. The molecule has 2 rings (SSSR count). The van der Waals surface area contributed by atoms with Crippen LogP contribution in [0.25, 0.3) is 11.4 Å². The van der Waals surface area contributed by atoms with Gasteiger partial charge in [0.25, 0.3) is 5.69 Å². The molecular formula is C9H7ClN4O2. The summed E-state index contributed by atoms with van der Waals surface area (Å²) in [7, 11) is 1.71. The molecule has 1 heterocycles. The number of benzene rings is 1.